The molecule has 0 aliphatic carbocycles. The highest BCUT2D eigenvalue weighted by molar-refractivity contribution is 7.47. The SMILES string of the molecule is CCCCCCCCCCCCCCCCC(=O)OC[C@H](COP(=O)(O)OC[C@@H](O)COP(=O)(O)OC[C@@H](COC(=O)CCCCCCCCCCCCC)OC(=O)CCCCCCCCCCCCCC)OC(=O)CCCCCCCCCCCCCCCCC(C)CC. The van der Waals surface area contributed by atoms with E-state index in [1.165, 1.54) is 225 Å². The van der Waals surface area contributed by atoms with Crippen LogP contribution in [0.25, 0.3) is 0 Å². The summed E-state index contributed by atoms with van der Waals surface area (Å²) in [4.78, 5) is 72.8. The van der Waals surface area contributed by atoms with Crippen LogP contribution in [0.3, 0.4) is 0 Å². The van der Waals surface area contributed by atoms with Crippen LogP contribution in [-0.2, 0) is 65.4 Å². The molecule has 95 heavy (non-hydrogen) atoms. The highest BCUT2D eigenvalue weighted by atomic mass is 31.2. The predicted molar refractivity (Wildman–Crippen MR) is 386 cm³/mol. The number of unbranched alkanes of at least 4 members (excludes halogenated alkanes) is 47. The van der Waals surface area contributed by atoms with Gasteiger partial charge in [0.1, 0.15) is 19.3 Å². The van der Waals surface area contributed by atoms with Crippen LogP contribution in [0.2, 0.25) is 0 Å². The van der Waals surface area contributed by atoms with Crippen LogP contribution < -0.4 is 0 Å². The summed E-state index contributed by atoms with van der Waals surface area (Å²) in [5.41, 5.74) is 0. The third kappa shape index (κ3) is 69.0. The average molecular weight is 1400 g/mol. The number of hydrogen-bond donors (Lipinski definition) is 3. The Kier molecular flexibility index (Phi) is 67.7. The molecule has 0 aliphatic rings. The number of phosphoric ester groups is 2. The molecule has 0 rings (SSSR count). The minimum Gasteiger partial charge on any atom is -0.462 e. The fourth-order valence-corrected chi connectivity index (χ4v) is 13.3. The molecule has 0 aromatic rings. The summed E-state index contributed by atoms with van der Waals surface area (Å²) in [6.45, 7) is 7.35. The van der Waals surface area contributed by atoms with Crippen LogP contribution in [0.5, 0.6) is 0 Å². The van der Waals surface area contributed by atoms with Crippen molar-refractivity contribution in [2.45, 2.75) is 419 Å². The molecule has 564 valence electrons. The number of aliphatic hydroxyl groups is 1. The van der Waals surface area contributed by atoms with Gasteiger partial charge in [0.25, 0.3) is 0 Å². The number of hydrogen-bond acceptors (Lipinski definition) is 15. The molecule has 0 radical (unpaired) electrons. The number of aliphatic hydroxyl groups excluding tert-OH is 1. The fourth-order valence-electron chi connectivity index (χ4n) is 11.7. The van der Waals surface area contributed by atoms with E-state index in [1.807, 2.05) is 0 Å². The van der Waals surface area contributed by atoms with Gasteiger partial charge in [0, 0.05) is 25.7 Å². The van der Waals surface area contributed by atoms with Gasteiger partial charge in [-0.25, -0.2) is 9.13 Å². The molecular weight excluding hydrogens is 1250 g/mol. The van der Waals surface area contributed by atoms with Crippen molar-refractivity contribution >= 4 is 39.5 Å². The van der Waals surface area contributed by atoms with Crippen molar-refractivity contribution in [3.05, 3.63) is 0 Å². The first-order valence-electron chi connectivity index (χ1n) is 39.7. The Morgan fingerprint density at radius 3 is 0.747 bits per heavy atom. The van der Waals surface area contributed by atoms with Gasteiger partial charge in [0.2, 0.25) is 0 Å². The van der Waals surface area contributed by atoms with Crippen LogP contribution in [-0.4, -0.2) is 96.7 Å². The van der Waals surface area contributed by atoms with Crippen LogP contribution >= 0.6 is 15.6 Å². The van der Waals surface area contributed by atoms with Crippen molar-refractivity contribution in [1.29, 1.82) is 0 Å². The van der Waals surface area contributed by atoms with E-state index in [-0.39, 0.29) is 25.7 Å². The molecule has 0 spiro atoms. The largest absolute Gasteiger partial charge is 0.472 e. The Balaban J connectivity index is 5.24. The Morgan fingerprint density at radius 1 is 0.295 bits per heavy atom. The summed E-state index contributed by atoms with van der Waals surface area (Å²) in [6.07, 6.45) is 58.0. The Labute approximate surface area is 581 Å². The van der Waals surface area contributed by atoms with E-state index in [1.54, 1.807) is 0 Å². The van der Waals surface area contributed by atoms with E-state index < -0.39 is 97.5 Å². The molecule has 19 heteroatoms. The lowest BCUT2D eigenvalue weighted by atomic mass is 9.99. The summed E-state index contributed by atoms with van der Waals surface area (Å²) in [5.74, 6) is -1.26. The standard InChI is InChI=1S/C76H148O17P2/c1-6-10-13-16-19-22-25-27-31-36-40-45-50-55-60-74(79)87-66-72(93-76(81)62-57-52-47-42-37-32-29-28-30-34-38-43-48-53-58-69(5)9-4)68-91-95(84,85)89-64-70(77)63-88-94(82,83)90-67-71(65-86-73(78)59-54-49-44-39-33-24-21-18-15-12-8-3)92-75(80)61-56-51-46-41-35-26-23-20-17-14-11-7-2/h69-72,77H,6-68H2,1-5H3,(H,82,83)(H,84,85)/t69?,70-,71+,72+/m0/s1. The summed E-state index contributed by atoms with van der Waals surface area (Å²) in [7, 11) is -9.91. The molecule has 0 bridgehead atoms. The van der Waals surface area contributed by atoms with E-state index in [0.717, 1.165) is 95.8 Å². The first-order chi connectivity index (χ1) is 46.1. The van der Waals surface area contributed by atoms with Crippen LogP contribution in [0.15, 0.2) is 0 Å². The van der Waals surface area contributed by atoms with Crippen molar-refractivity contribution in [2.75, 3.05) is 39.6 Å². The van der Waals surface area contributed by atoms with E-state index in [4.69, 9.17) is 37.0 Å². The van der Waals surface area contributed by atoms with Gasteiger partial charge < -0.3 is 33.8 Å². The Bertz CT molecular complexity index is 1820. The van der Waals surface area contributed by atoms with E-state index >= 15 is 0 Å². The number of rotatable bonds is 76. The lowest BCUT2D eigenvalue weighted by molar-refractivity contribution is -0.161. The van der Waals surface area contributed by atoms with Gasteiger partial charge in [0.15, 0.2) is 12.2 Å². The van der Waals surface area contributed by atoms with Gasteiger partial charge in [0.05, 0.1) is 26.4 Å². The number of esters is 4. The average Bonchev–Trinajstić information content (AvgIpc) is 1.82. The molecule has 6 atom stereocenters. The van der Waals surface area contributed by atoms with Gasteiger partial charge >= 0.3 is 39.5 Å². The zero-order chi connectivity index (χ0) is 69.8. The third-order valence-electron chi connectivity index (χ3n) is 18.1. The Morgan fingerprint density at radius 2 is 0.505 bits per heavy atom. The molecule has 0 aliphatic heterocycles. The van der Waals surface area contributed by atoms with Crippen LogP contribution in [0, 0.1) is 5.92 Å². The summed E-state index contributed by atoms with van der Waals surface area (Å²) in [5, 5.41) is 10.6. The monoisotopic (exact) mass is 1400 g/mol. The van der Waals surface area contributed by atoms with Gasteiger partial charge in [-0.05, 0) is 31.6 Å². The molecule has 3 unspecified atom stereocenters. The summed E-state index contributed by atoms with van der Waals surface area (Å²) < 4.78 is 68.5. The first-order valence-corrected chi connectivity index (χ1v) is 42.7. The highest BCUT2D eigenvalue weighted by Gasteiger charge is 2.30. The zero-order valence-corrected chi connectivity index (χ0v) is 63.6. The van der Waals surface area contributed by atoms with E-state index in [0.29, 0.717) is 25.7 Å². The van der Waals surface area contributed by atoms with Gasteiger partial charge in [-0.15, -0.1) is 0 Å². The molecular formula is C76H148O17P2. The minimum absolute atomic E-state index is 0.108. The van der Waals surface area contributed by atoms with Crippen molar-refractivity contribution in [3.8, 4) is 0 Å². The highest BCUT2D eigenvalue weighted by Crippen LogP contribution is 2.45. The molecule has 0 heterocycles. The maximum absolute atomic E-state index is 13.1. The van der Waals surface area contributed by atoms with Crippen LogP contribution in [0.4, 0.5) is 0 Å². The molecule has 0 saturated heterocycles. The van der Waals surface area contributed by atoms with E-state index in [2.05, 4.69) is 34.6 Å². The normalized spacial score (nSPS) is 14.2. The van der Waals surface area contributed by atoms with Crippen molar-refractivity contribution < 1.29 is 80.2 Å². The molecule has 0 aromatic heterocycles. The second-order valence-electron chi connectivity index (χ2n) is 27.6. The third-order valence-corrected chi connectivity index (χ3v) is 20.0. The lowest BCUT2D eigenvalue weighted by Gasteiger charge is -2.21. The molecule has 3 N–H and O–H groups in total. The zero-order valence-electron chi connectivity index (χ0n) is 61.8. The number of carbonyl (C=O) groups is 4. The second kappa shape index (κ2) is 69.2. The van der Waals surface area contributed by atoms with Gasteiger partial charge in [-0.3, -0.25) is 37.3 Å². The minimum atomic E-state index is -4.96. The van der Waals surface area contributed by atoms with Crippen LogP contribution in [0.1, 0.15) is 401 Å². The molecule has 17 nitrogen and oxygen atoms in total. The smallest absolute Gasteiger partial charge is 0.462 e. The molecule has 0 saturated carbocycles. The van der Waals surface area contributed by atoms with Crippen molar-refractivity contribution in [1.82, 2.24) is 0 Å². The lowest BCUT2D eigenvalue weighted by Crippen LogP contribution is -2.30. The maximum atomic E-state index is 13.1. The molecule has 0 amide bonds. The van der Waals surface area contributed by atoms with Gasteiger partial charge in [-0.2, -0.15) is 0 Å². The molecule has 0 fully saturated rings. The second-order valence-corrected chi connectivity index (χ2v) is 30.5. The topological polar surface area (TPSA) is 237 Å². The fraction of sp³-hybridized carbons (Fsp3) is 0.947. The van der Waals surface area contributed by atoms with Crippen molar-refractivity contribution in [2.24, 2.45) is 5.92 Å². The number of carbonyl (C=O) groups excluding carboxylic acids is 4. The Hall–Kier alpha value is -1.94. The first kappa shape index (κ1) is 93.1. The maximum Gasteiger partial charge on any atom is 0.472 e. The predicted octanol–water partition coefficient (Wildman–Crippen LogP) is 22.5. The summed E-state index contributed by atoms with van der Waals surface area (Å²) in [6, 6.07) is 0. The van der Waals surface area contributed by atoms with Crippen molar-refractivity contribution in [3.63, 3.8) is 0 Å². The van der Waals surface area contributed by atoms with Gasteiger partial charge in [-0.1, -0.05) is 349 Å². The number of phosphoric acid groups is 2. The quantitative estimate of drug-likeness (QED) is 0.0222. The molecule has 0 aromatic carbocycles. The van der Waals surface area contributed by atoms with E-state index in [9.17, 15) is 43.2 Å². The summed E-state index contributed by atoms with van der Waals surface area (Å²) >= 11 is 0. The number of ether oxygens (including phenoxy) is 4.